The number of hydrogen-bond donors (Lipinski definition) is 2. The van der Waals surface area contributed by atoms with Crippen molar-refractivity contribution >= 4 is 29.9 Å². The molecule has 3 saturated heterocycles. The molecular weight excluding hydrogens is 432 g/mol. The van der Waals surface area contributed by atoms with Crippen molar-refractivity contribution in [1.82, 2.24) is 20.4 Å². The van der Waals surface area contributed by atoms with Gasteiger partial charge in [0.25, 0.3) is 0 Å². The summed E-state index contributed by atoms with van der Waals surface area (Å²) in [6.45, 7) is 10.4. The SMILES string of the molecule is CCNC(=NCC1CN2CCN1CC2)NCCc1cccc(F)c1.I. The topological polar surface area (TPSA) is 42.9 Å². The number of piperazine rings is 3. The molecule has 5 nitrogen and oxygen atoms in total. The normalized spacial score (nSPS) is 25.4. The highest BCUT2D eigenvalue weighted by molar-refractivity contribution is 14.0. The van der Waals surface area contributed by atoms with Gasteiger partial charge in [0, 0.05) is 51.9 Å². The Morgan fingerprint density at radius 3 is 2.68 bits per heavy atom. The number of aliphatic imine (C=N–C) groups is 1. The van der Waals surface area contributed by atoms with Gasteiger partial charge in [-0.05, 0) is 31.0 Å². The van der Waals surface area contributed by atoms with Gasteiger partial charge in [-0.15, -0.1) is 24.0 Å². The number of nitrogens with zero attached hydrogens (tertiary/aromatic N) is 3. The quantitative estimate of drug-likeness (QED) is 0.384. The van der Waals surface area contributed by atoms with E-state index < -0.39 is 0 Å². The average molecular weight is 461 g/mol. The maximum absolute atomic E-state index is 13.2. The molecule has 3 heterocycles. The molecule has 3 aliphatic rings. The Bertz CT molecular complexity index is 560. The second-order valence-electron chi connectivity index (χ2n) is 6.52. The summed E-state index contributed by atoms with van der Waals surface area (Å²) >= 11 is 0. The summed E-state index contributed by atoms with van der Waals surface area (Å²) in [6.07, 6.45) is 0.783. The van der Waals surface area contributed by atoms with E-state index in [1.807, 2.05) is 6.07 Å². The Morgan fingerprint density at radius 1 is 1.24 bits per heavy atom. The fourth-order valence-electron chi connectivity index (χ4n) is 3.45. The monoisotopic (exact) mass is 461 g/mol. The van der Waals surface area contributed by atoms with Gasteiger partial charge in [0.05, 0.1) is 6.54 Å². The minimum Gasteiger partial charge on any atom is -0.357 e. The maximum Gasteiger partial charge on any atom is 0.191 e. The standard InChI is InChI=1S/C18H28FN5.HI/c1-2-20-18(21-7-6-15-4-3-5-16(19)12-15)22-13-17-14-23-8-10-24(17)11-9-23;/h3-5,12,17H,2,6-11,13-14H2,1H3,(H2,20,21,22);1H. The lowest BCUT2D eigenvalue weighted by molar-refractivity contribution is 0.0174. The molecule has 1 aromatic rings. The highest BCUT2D eigenvalue weighted by atomic mass is 127. The summed E-state index contributed by atoms with van der Waals surface area (Å²) in [4.78, 5) is 9.84. The zero-order chi connectivity index (χ0) is 16.8. The van der Waals surface area contributed by atoms with Crippen molar-refractivity contribution in [3.05, 3.63) is 35.6 Å². The molecule has 4 rings (SSSR count). The molecule has 2 bridgehead atoms. The minimum atomic E-state index is -0.176. The van der Waals surface area contributed by atoms with E-state index in [1.165, 1.54) is 32.2 Å². The average Bonchev–Trinajstić information content (AvgIpc) is 2.61. The van der Waals surface area contributed by atoms with Crippen molar-refractivity contribution in [2.24, 2.45) is 4.99 Å². The number of benzene rings is 1. The van der Waals surface area contributed by atoms with E-state index in [2.05, 4.69) is 27.4 Å². The van der Waals surface area contributed by atoms with Crippen molar-refractivity contribution in [2.45, 2.75) is 19.4 Å². The maximum atomic E-state index is 13.2. The predicted octanol–water partition coefficient (Wildman–Crippen LogP) is 1.54. The zero-order valence-corrected chi connectivity index (χ0v) is 17.2. The van der Waals surface area contributed by atoms with Gasteiger partial charge in [-0.1, -0.05) is 12.1 Å². The number of hydrogen-bond acceptors (Lipinski definition) is 3. The Hall–Kier alpha value is -0.930. The third kappa shape index (κ3) is 6.07. The minimum absolute atomic E-state index is 0. The lowest BCUT2D eigenvalue weighted by Crippen LogP contribution is -2.62. The number of halogens is 2. The smallest absolute Gasteiger partial charge is 0.191 e. The summed E-state index contributed by atoms with van der Waals surface area (Å²) in [7, 11) is 0. The first-order valence-corrected chi connectivity index (χ1v) is 8.97. The summed E-state index contributed by atoms with van der Waals surface area (Å²) < 4.78 is 13.2. The summed E-state index contributed by atoms with van der Waals surface area (Å²) in [5.41, 5.74) is 1.00. The molecular formula is C18H29FIN5. The van der Waals surface area contributed by atoms with E-state index in [0.29, 0.717) is 6.04 Å². The lowest BCUT2D eigenvalue weighted by Gasteiger charge is -2.47. The van der Waals surface area contributed by atoms with E-state index in [9.17, 15) is 4.39 Å². The lowest BCUT2D eigenvalue weighted by atomic mass is 10.1. The molecule has 3 fully saturated rings. The summed E-state index contributed by atoms with van der Waals surface area (Å²) in [5.74, 6) is 0.677. The van der Waals surface area contributed by atoms with E-state index >= 15 is 0 Å². The van der Waals surface area contributed by atoms with Gasteiger partial charge >= 0.3 is 0 Å². The van der Waals surface area contributed by atoms with Crippen LogP contribution in [0.5, 0.6) is 0 Å². The molecule has 0 saturated carbocycles. The Kier molecular flexibility index (Phi) is 8.38. The van der Waals surface area contributed by atoms with Gasteiger partial charge in [-0.3, -0.25) is 14.8 Å². The number of fused-ring (bicyclic) bond motifs is 3. The third-order valence-electron chi connectivity index (χ3n) is 4.79. The third-order valence-corrected chi connectivity index (χ3v) is 4.79. The van der Waals surface area contributed by atoms with Crippen LogP contribution in [0.3, 0.4) is 0 Å². The Balaban J connectivity index is 0.00000225. The van der Waals surface area contributed by atoms with Crippen LogP contribution in [0.15, 0.2) is 29.3 Å². The molecule has 140 valence electrons. The Labute approximate surface area is 167 Å². The van der Waals surface area contributed by atoms with Gasteiger partial charge < -0.3 is 10.6 Å². The molecule has 2 N–H and O–H groups in total. The molecule has 1 unspecified atom stereocenters. The van der Waals surface area contributed by atoms with Gasteiger partial charge in [0.1, 0.15) is 5.82 Å². The van der Waals surface area contributed by atoms with Gasteiger partial charge in [0.2, 0.25) is 0 Å². The Morgan fingerprint density at radius 2 is 2.04 bits per heavy atom. The second kappa shape index (κ2) is 10.3. The molecule has 0 spiro atoms. The van der Waals surface area contributed by atoms with Crippen LogP contribution in [0, 0.1) is 5.82 Å². The van der Waals surface area contributed by atoms with Crippen LogP contribution in [-0.2, 0) is 6.42 Å². The molecule has 0 aliphatic carbocycles. The number of guanidine groups is 1. The van der Waals surface area contributed by atoms with Crippen LogP contribution < -0.4 is 10.6 Å². The van der Waals surface area contributed by atoms with Crippen LogP contribution in [-0.4, -0.2) is 74.2 Å². The first-order valence-electron chi connectivity index (χ1n) is 8.97. The molecule has 1 atom stereocenters. The molecule has 25 heavy (non-hydrogen) atoms. The first-order chi connectivity index (χ1) is 11.7. The summed E-state index contributed by atoms with van der Waals surface area (Å²) in [5, 5.41) is 6.65. The van der Waals surface area contributed by atoms with Gasteiger partial charge in [0.15, 0.2) is 5.96 Å². The van der Waals surface area contributed by atoms with Crippen LogP contribution in [0.4, 0.5) is 4.39 Å². The highest BCUT2D eigenvalue weighted by Crippen LogP contribution is 2.15. The second-order valence-corrected chi connectivity index (χ2v) is 6.52. The predicted molar refractivity (Wildman–Crippen MR) is 111 cm³/mol. The largest absolute Gasteiger partial charge is 0.357 e. The van der Waals surface area contributed by atoms with E-state index in [1.54, 1.807) is 12.1 Å². The van der Waals surface area contributed by atoms with Crippen LogP contribution in [0.2, 0.25) is 0 Å². The molecule has 0 radical (unpaired) electrons. The highest BCUT2D eigenvalue weighted by Gasteiger charge is 2.31. The van der Waals surface area contributed by atoms with Crippen LogP contribution in [0.25, 0.3) is 0 Å². The van der Waals surface area contributed by atoms with E-state index in [0.717, 1.165) is 44.1 Å². The molecule has 3 aliphatic heterocycles. The number of nitrogens with one attached hydrogen (secondary N) is 2. The zero-order valence-electron chi connectivity index (χ0n) is 14.9. The van der Waals surface area contributed by atoms with Gasteiger partial charge in [-0.2, -0.15) is 0 Å². The van der Waals surface area contributed by atoms with Crippen LogP contribution in [0.1, 0.15) is 12.5 Å². The molecule has 0 aromatic heterocycles. The number of rotatable bonds is 6. The molecule has 0 amide bonds. The first kappa shape index (κ1) is 20.4. The van der Waals surface area contributed by atoms with Crippen molar-refractivity contribution in [3.8, 4) is 0 Å². The van der Waals surface area contributed by atoms with Crippen molar-refractivity contribution in [3.63, 3.8) is 0 Å². The van der Waals surface area contributed by atoms with E-state index in [-0.39, 0.29) is 29.8 Å². The van der Waals surface area contributed by atoms with E-state index in [4.69, 9.17) is 4.99 Å². The fourth-order valence-corrected chi connectivity index (χ4v) is 3.45. The van der Waals surface area contributed by atoms with Crippen LogP contribution >= 0.6 is 24.0 Å². The fraction of sp³-hybridized carbons (Fsp3) is 0.611. The molecule has 7 heteroatoms. The van der Waals surface area contributed by atoms with Gasteiger partial charge in [-0.25, -0.2) is 4.39 Å². The van der Waals surface area contributed by atoms with Crippen molar-refractivity contribution in [1.29, 1.82) is 0 Å². The summed E-state index contributed by atoms with van der Waals surface area (Å²) in [6, 6.07) is 7.31. The van der Waals surface area contributed by atoms with Crippen molar-refractivity contribution in [2.75, 3.05) is 52.4 Å². The molecule has 1 aromatic carbocycles. The van der Waals surface area contributed by atoms with Crippen molar-refractivity contribution < 1.29 is 4.39 Å².